The van der Waals surface area contributed by atoms with Crippen molar-refractivity contribution in [3.8, 4) is 0 Å². The van der Waals surface area contributed by atoms with Gasteiger partial charge in [0.05, 0.1) is 0 Å². The summed E-state index contributed by atoms with van der Waals surface area (Å²) in [5.41, 5.74) is 12.7. The van der Waals surface area contributed by atoms with Crippen LogP contribution in [0.1, 0.15) is 18.9 Å². The summed E-state index contributed by atoms with van der Waals surface area (Å²) in [6.45, 7) is 2.67. The summed E-state index contributed by atoms with van der Waals surface area (Å²) in [5, 5.41) is 0. The molecule has 1 saturated heterocycles. The van der Waals surface area contributed by atoms with Gasteiger partial charge in [-0.1, -0.05) is 30.3 Å². The van der Waals surface area contributed by atoms with E-state index in [2.05, 4.69) is 21.7 Å². The quantitative estimate of drug-likeness (QED) is 0.556. The van der Waals surface area contributed by atoms with Crippen molar-refractivity contribution in [2.75, 3.05) is 0 Å². The molecule has 2 unspecified atom stereocenters. The van der Waals surface area contributed by atoms with Gasteiger partial charge in [-0.15, -0.1) is 0 Å². The minimum atomic E-state index is -0.159. The molecule has 4 N–H and O–H groups in total. The second-order valence-corrected chi connectivity index (χ2v) is 4.31. The second kappa shape index (κ2) is 5.77. The lowest BCUT2D eigenvalue weighted by atomic mass is 10.1. The summed E-state index contributed by atoms with van der Waals surface area (Å²) >= 11 is 0. The fourth-order valence-corrected chi connectivity index (χ4v) is 1.80. The molecule has 5 heteroatoms. The van der Waals surface area contributed by atoms with Gasteiger partial charge in [0.15, 0.2) is 0 Å². The van der Waals surface area contributed by atoms with Crippen molar-refractivity contribution in [2.45, 2.75) is 32.0 Å². The molecule has 2 rings (SSSR count). The molecule has 17 heavy (non-hydrogen) atoms. The smallest absolute Gasteiger partial charge is 0.252 e. The molecule has 92 valence electrons. The normalized spacial score (nSPS) is 23.6. The van der Waals surface area contributed by atoms with Crippen LogP contribution in [0.4, 0.5) is 0 Å². The van der Waals surface area contributed by atoms with Gasteiger partial charge in [0, 0.05) is 12.6 Å². The van der Waals surface area contributed by atoms with Crippen LogP contribution >= 0.6 is 0 Å². The number of hydrogen-bond acceptors (Lipinski definition) is 4. The van der Waals surface area contributed by atoms with Crippen LogP contribution in [0.5, 0.6) is 0 Å². The van der Waals surface area contributed by atoms with Crippen LogP contribution in [0.15, 0.2) is 30.3 Å². The zero-order valence-electron chi connectivity index (χ0n) is 9.86. The van der Waals surface area contributed by atoms with Crippen molar-refractivity contribution in [1.29, 1.82) is 0 Å². The van der Waals surface area contributed by atoms with Crippen molar-refractivity contribution in [3.63, 3.8) is 0 Å². The van der Waals surface area contributed by atoms with Crippen LogP contribution in [0.2, 0.25) is 0 Å². The molecule has 1 amide bonds. The molecule has 0 bridgehead atoms. The van der Waals surface area contributed by atoms with Crippen molar-refractivity contribution < 1.29 is 4.79 Å². The highest BCUT2D eigenvalue weighted by Crippen LogP contribution is 2.03. The third-order valence-electron chi connectivity index (χ3n) is 2.76. The van der Waals surface area contributed by atoms with Gasteiger partial charge in [-0.2, -0.15) is 0 Å². The lowest BCUT2D eigenvalue weighted by Gasteiger charge is -2.11. The van der Waals surface area contributed by atoms with Crippen LogP contribution in [-0.4, -0.2) is 18.0 Å². The van der Waals surface area contributed by atoms with E-state index in [1.165, 1.54) is 0 Å². The molecule has 0 aliphatic carbocycles. The van der Waals surface area contributed by atoms with Gasteiger partial charge in [0.25, 0.3) is 5.91 Å². The minimum absolute atomic E-state index is 0.0298. The third kappa shape index (κ3) is 3.52. The summed E-state index contributed by atoms with van der Waals surface area (Å²) in [6.07, 6.45) is 0.804. The van der Waals surface area contributed by atoms with E-state index in [9.17, 15) is 4.79 Å². The van der Waals surface area contributed by atoms with E-state index in [0.717, 1.165) is 12.0 Å². The van der Waals surface area contributed by atoms with E-state index in [-0.39, 0.29) is 11.9 Å². The third-order valence-corrected chi connectivity index (χ3v) is 2.76. The Morgan fingerprint density at radius 3 is 2.76 bits per heavy atom. The zero-order chi connectivity index (χ0) is 12.1. The van der Waals surface area contributed by atoms with Crippen LogP contribution in [-0.2, 0) is 11.3 Å². The number of rotatable bonds is 4. The Balaban J connectivity index is 1.70. The van der Waals surface area contributed by atoms with Gasteiger partial charge in [-0.05, 0) is 18.9 Å². The number of carbonyl (C=O) groups excluding carboxylic acids is 1. The molecule has 1 aromatic rings. The summed E-state index contributed by atoms with van der Waals surface area (Å²) in [5.74, 6) is -0.0298. The van der Waals surface area contributed by atoms with Crippen LogP contribution in [0.3, 0.4) is 0 Å². The van der Waals surface area contributed by atoms with Gasteiger partial charge in [0.2, 0.25) is 0 Å². The van der Waals surface area contributed by atoms with E-state index in [0.29, 0.717) is 12.6 Å². The van der Waals surface area contributed by atoms with Gasteiger partial charge in [-0.3, -0.25) is 15.6 Å². The number of benzene rings is 1. The molecule has 1 aliphatic heterocycles. The predicted octanol–water partition coefficient (Wildman–Crippen LogP) is 0.0624. The first-order chi connectivity index (χ1) is 8.25. The molecule has 1 aromatic carbocycles. The number of hydrazine groups is 2. The van der Waals surface area contributed by atoms with Crippen LogP contribution in [0.25, 0.3) is 0 Å². The maximum Gasteiger partial charge on any atom is 0.252 e. The topological polar surface area (TPSA) is 65.2 Å². The number of carbonyl (C=O) groups is 1. The minimum Gasteiger partial charge on any atom is -0.290 e. The van der Waals surface area contributed by atoms with E-state index >= 15 is 0 Å². The highest BCUT2D eigenvalue weighted by molar-refractivity contribution is 5.81. The molecule has 5 nitrogen and oxygen atoms in total. The van der Waals surface area contributed by atoms with Crippen LogP contribution < -0.4 is 21.7 Å². The summed E-state index contributed by atoms with van der Waals surface area (Å²) in [4.78, 5) is 11.7. The first-order valence-corrected chi connectivity index (χ1v) is 5.83. The second-order valence-electron chi connectivity index (χ2n) is 4.31. The summed E-state index contributed by atoms with van der Waals surface area (Å²) in [7, 11) is 0. The zero-order valence-corrected chi connectivity index (χ0v) is 9.86. The molecular formula is C12H18N4O. The SMILES string of the molecule is CC1CC(C(=O)NNCc2ccccc2)NN1. The van der Waals surface area contributed by atoms with E-state index in [4.69, 9.17) is 0 Å². The Kier molecular flexibility index (Phi) is 4.08. The maximum absolute atomic E-state index is 11.7. The number of amides is 1. The molecule has 0 spiro atoms. The highest BCUT2D eigenvalue weighted by Gasteiger charge is 2.26. The molecule has 1 heterocycles. The fourth-order valence-electron chi connectivity index (χ4n) is 1.80. The Morgan fingerprint density at radius 2 is 2.12 bits per heavy atom. The number of hydrogen-bond donors (Lipinski definition) is 4. The molecule has 1 aliphatic rings. The lowest BCUT2D eigenvalue weighted by molar-refractivity contribution is -0.123. The average molecular weight is 234 g/mol. The lowest BCUT2D eigenvalue weighted by Crippen LogP contribution is -2.48. The highest BCUT2D eigenvalue weighted by atomic mass is 16.2. The van der Waals surface area contributed by atoms with Gasteiger partial charge < -0.3 is 0 Å². The fraction of sp³-hybridized carbons (Fsp3) is 0.417. The molecule has 0 aromatic heterocycles. The van der Waals surface area contributed by atoms with Gasteiger partial charge >= 0.3 is 0 Å². The molecule has 1 fully saturated rings. The average Bonchev–Trinajstić information content (AvgIpc) is 2.77. The molecule has 0 radical (unpaired) electrons. The molecular weight excluding hydrogens is 216 g/mol. The number of nitrogens with one attached hydrogen (secondary N) is 4. The predicted molar refractivity (Wildman–Crippen MR) is 65.6 cm³/mol. The van der Waals surface area contributed by atoms with E-state index in [1.807, 2.05) is 37.3 Å². The van der Waals surface area contributed by atoms with Crippen molar-refractivity contribution in [1.82, 2.24) is 21.7 Å². The Labute approximate surface area is 101 Å². The monoisotopic (exact) mass is 234 g/mol. The standard InChI is InChI=1S/C12H18N4O/c1-9-7-11(15-14-9)12(17)16-13-8-10-5-3-2-4-6-10/h2-6,9,11,13-15H,7-8H2,1H3,(H,16,17). The van der Waals surface area contributed by atoms with E-state index < -0.39 is 0 Å². The first kappa shape index (κ1) is 12.0. The molecule has 2 atom stereocenters. The Morgan fingerprint density at radius 1 is 1.35 bits per heavy atom. The summed E-state index contributed by atoms with van der Waals surface area (Å²) in [6, 6.07) is 10.1. The summed E-state index contributed by atoms with van der Waals surface area (Å²) < 4.78 is 0. The van der Waals surface area contributed by atoms with Crippen molar-refractivity contribution in [3.05, 3.63) is 35.9 Å². The first-order valence-electron chi connectivity index (χ1n) is 5.83. The maximum atomic E-state index is 11.7. The largest absolute Gasteiger partial charge is 0.290 e. The van der Waals surface area contributed by atoms with E-state index in [1.54, 1.807) is 0 Å². The van der Waals surface area contributed by atoms with Gasteiger partial charge in [-0.25, -0.2) is 10.9 Å². The van der Waals surface area contributed by atoms with Crippen molar-refractivity contribution >= 4 is 5.91 Å². The van der Waals surface area contributed by atoms with Crippen LogP contribution in [0, 0.1) is 0 Å². The van der Waals surface area contributed by atoms with Gasteiger partial charge in [0.1, 0.15) is 6.04 Å². The Bertz CT molecular complexity index is 368. The molecule has 0 saturated carbocycles. The van der Waals surface area contributed by atoms with Crippen molar-refractivity contribution in [2.24, 2.45) is 0 Å². The Hall–Kier alpha value is -1.43.